The number of nitrogens with one attached hydrogen (secondary N) is 1. The predicted molar refractivity (Wildman–Crippen MR) is 70.7 cm³/mol. The summed E-state index contributed by atoms with van der Waals surface area (Å²) in [4.78, 5) is 5.66. The molecule has 17 heavy (non-hydrogen) atoms. The number of aromatic nitrogens is 2. The zero-order chi connectivity index (χ0) is 12.1. The summed E-state index contributed by atoms with van der Waals surface area (Å²) in [6.45, 7) is 3.62. The van der Waals surface area contributed by atoms with Crippen molar-refractivity contribution in [3.05, 3.63) is 23.5 Å². The minimum Gasteiger partial charge on any atom is -0.382 e. The number of nitrogens with zero attached hydrogens (tertiary/aromatic N) is 2. The van der Waals surface area contributed by atoms with Gasteiger partial charge in [0.05, 0.1) is 5.69 Å². The van der Waals surface area contributed by atoms with E-state index in [0.29, 0.717) is 6.04 Å². The Kier molecular flexibility index (Phi) is 4.53. The van der Waals surface area contributed by atoms with Crippen molar-refractivity contribution in [2.24, 2.45) is 0 Å². The summed E-state index contributed by atoms with van der Waals surface area (Å²) in [6.07, 6.45) is 6.13. The van der Waals surface area contributed by atoms with E-state index in [1.54, 1.807) is 11.3 Å². The van der Waals surface area contributed by atoms with Crippen molar-refractivity contribution in [1.82, 2.24) is 14.7 Å². The summed E-state index contributed by atoms with van der Waals surface area (Å²) in [5.41, 5.74) is 1.15. The monoisotopic (exact) mass is 253 g/mol. The van der Waals surface area contributed by atoms with Crippen LogP contribution in [-0.4, -0.2) is 35.7 Å². The van der Waals surface area contributed by atoms with Gasteiger partial charge >= 0.3 is 0 Å². The molecule has 0 radical (unpaired) electrons. The Balaban J connectivity index is 1.91. The molecule has 4 nitrogen and oxygen atoms in total. The van der Waals surface area contributed by atoms with E-state index in [9.17, 15) is 0 Å². The van der Waals surface area contributed by atoms with Gasteiger partial charge in [0.1, 0.15) is 0 Å². The molecule has 0 saturated carbocycles. The molecule has 2 aromatic heterocycles. The Hall–Kier alpha value is -0.910. The molecule has 2 aromatic rings. The molecule has 94 valence electrons. The molecule has 0 saturated heterocycles. The lowest BCUT2D eigenvalue weighted by atomic mass is 10.1. The Labute approximate surface area is 106 Å². The highest BCUT2D eigenvalue weighted by atomic mass is 32.1. The van der Waals surface area contributed by atoms with Crippen LogP contribution in [0.3, 0.4) is 0 Å². The summed E-state index contributed by atoms with van der Waals surface area (Å²) in [6, 6.07) is 0.436. The first-order valence-electron chi connectivity index (χ1n) is 5.99. The second-order valence-electron chi connectivity index (χ2n) is 4.00. The second-order valence-corrected chi connectivity index (χ2v) is 4.87. The van der Waals surface area contributed by atoms with Crippen LogP contribution in [-0.2, 0) is 11.2 Å². The van der Waals surface area contributed by atoms with Crippen molar-refractivity contribution in [1.29, 1.82) is 0 Å². The largest absolute Gasteiger partial charge is 0.382 e. The maximum atomic E-state index is 5.38. The van der Waals surface area contributed by atoms with Gasteiger partial charge in [0.15, 0.2) is 4.96 Å². The van der Waals surface area contributed by atoms with Gasteiger partial charge in [0, 0.05) is 43.5 Å². The third-order valence-corrected chi connectivity index (χ3v) is 3.59. The van der Waals surface area contributed by atoms with Gasteiger partial charge in [0.2, 0.25) is 0 Å². The van der Waals surface area contributed by atoms with Gasteiger partial charge in [0.25, 0.3) is 0 Å². The van der Waals surface area contributed by atoms with Gasteiger partial charge in [-0.1, -0.05) is 0 Å². The Morgan fingerprint density at radius 1 is 1.59 bits per heavy atom. The number of fused-ring (bicyclic) bond motifs is 1. The Morgan fingerprint density at radius 3 is 3.18 bits per heavy atom. The van der Waals surface area contributed by atoms with E-state index in [4.69, 9.17) is 4.74 Å². The number of ether oxygens (including phenoxy) is 1. The molecule has 2 rings (SSSR count). The van der Waals surface area contributed by atoms with Crippen molar-refractivity contribution >= 4 is 16.3 Å². The Morgan fingerprint density at radius 2 is 2.47 bits per heavy atom. The average molecular weight is 253 g/mol. The number of hydrogen-bond donors (Lipinski definition) is 1. The van der Waals surface area contributed by atoms with Gasteiger partial charge in [-0.15, -0.1) is 11.3 Å². The van der Waals surface area contributed by atoms with Crippen molar-refractivity contribution in [3.63, 3.8) is 0 Å². The zero-order valence-corrected chi connectivity index (χ0v) is 11.2. The van der Waals surface area contributed by atoms with Gasteiger partial charge < -0.3 is 10.1 Å². The van der Waals surface area contributed by atoms with E-state index in [1.807, 2.05) is 20.2 Å². The first-order valence-corrected chi connectivity index (χ1v) is 6.87. The molecule has 0 amide bonds. The molecule has 0 spiro atoms. The van der Waals surface area contributed by atoms with Crippen molar-refractivity contribution in [2.45, 2.75) is 25.8 Å². The average Bonchev–Trinajstić information content (AvgIpc) is 2.88. The first kappa shape index (κ1) is 12.5. The molecule has 1 atom stereocenters. The highest BCUT2D eigenvalue weighted by molar-refractivity contribution is 7.15. The standard InChI is InChI=1S/C12H19N3OS/c1-3-16-6-4-10(13-2)8-11-9-15-5-7-17-12(15)14-11/h5,7,9-10,13H,3-4,6,8H2,1-2H3. The lowest BCUT2D eigenvalue weighted by Gasteiger charge is -2.14. The molecular weight excluding hydrogens is 234 g/mol. The molecular formula is C12H19N3OS. The fraction of sp³-hybridized carbons (Fsp3) is 0.583. The maximum absolute atomic E-state index is 5.38. The van der Waals surface area contributed by atoms with Crippen LogP contribution in [0.4, 0.5) is 0 Å². The van der Waals surface area contributed by atoms with Crippen LogP contribution in [0, 0.1) is 0 Å². The van der Waals surface area contributed by atoms with Gasteiger partial charge in [-0.25, -0.2) is 4.98 Å². The molecule has 0 aromatic carbocycles. The van der Waals surface area contributed by atoms with E-state index >= 15 is 0 Å². The normalized spacial score (nSPS) is 13.3. The minimum atomic E-state index is 0.436. The van der Waals surface area contributed by atoms with Crippen LogP contribution >= 0.6 is 11.3 Å². The molecule has 5 heteroatoms. The molecule has 0 bridgehead atoms. The third-order valence-electron chi connectivity index (χ3n) is 2.82. The lowest BCUT2D eigenvalue weighted by molar-refractivity contribution is 0.137. The summed E-state index contributed by atoms with van der Waals surface area (Å²) in [5, 5.41) is 5.37. The second kappa shape index (κ2) is 6.14. The molecule has 1 unspecified atom stereocenters. The van der Waals surface area contributed by atoms with Crippen LogP contribution in [0.1, 0.15) is 19.0 Å². The van der Waals surface area contributed by atoms with Gasteiger partial charge in [-0.05, 0) is 20.4 Å². The van der Waals surface area contributed by atoms with Crippen molar-refractivity contribution in [2.75, 3.05) is 20.3 Å². The fourth-order valence-corrected chi connectivity index (χ4v) is 2.56. The van der Waals surface area contributed by atoms with Gasteiger partial charge in [-0.2, -0.15) is 0 Å². The molecule has 0 aliphatic rings. The quantitative estimate of drug-likeness (QED) is 0.767. The van der Waals surface area contributed by atoms with E-state index in [0.717, 1.165) is 36.7 Å². The molecule has 0 aliphatic heterocycles. The van der Waals surface area contributed by atoms with Gasteiger partial charge in [-0.3, -0.25) is 4.40 Å². The minimum absolute atomic E-state index is 0.436. The number of rotatable bonds is 7. The van der Waals surface area contributed by atoms with Crippen molar-refractivity contribution < 1.29 is 4.74 Å². The number of thiazole rings is 1. The van der Waals surface area contributed by atoms with E-state index in [1.165, 1.54) is 0 Å². The topological polar surface area (TPSA) is 38.6 Å². The number of imidazole rings is 1. The molecule has 0 fully saturated rings. The van der Waals surface area contributed by atoms with Crippen LogP contribution in [0.2, 0.25) is 0 Å². The fourth-order valence-electron chi connectivity index (χ4n) is 1.85. The summed E-state index contributed by atoms with van der Waals surface area (Å²) < 4.78 is 7.46. The van der Waals surface area contributed by atoms with Crippen LogP contribution < -0.4 is 5.32 Å². The SMILES string of the molecule is CCOCCC(Cc1cn2ccsc2n1)NC. The predicted octanol–water partition coefficient (Wildman–Crippen LogP) is 1.95. The summed E-state index contributed by atoms with van der Waals surface area (Å²) in [7, 11) is 2.00. The molecule has 1 N–H and O–H groups in total. The maximum Gasteiger partial charge on any atom is 0.193 e. The number of likely N-dealkylation sites (N-methyl/N-ethyl adjacent to an activating group) is 1. The molecule has 2 heterocycles. The van der Waals surface area contributed by atoms with Crippen LogP contribution in [0.25, 0.3) is 4.96 Å². The van der Waals surface area contributed by atoms with Crippen molar-refractivity contribution in [3.8, 4) is 0 Å². The van der Waals surface area contributed by atoms with E-state index < -0.39 is 0 Å². The first-order chi connectivity index (χ1) is 8.33. The number of hydrogen-bond acceptors (Lipinski definition) is 4. The van der Waals surface area contributed by atoms with E-state index in [-0.39, 0.29) is 0 Å². The highest BCUT2D eigenvalue weighted by Gasteiger charge is 2.10. The van der Waals surface area contributed by atoms with Crippen LogP contribution in [0.15, 0.2) is 17.8 Å². The molecule has 0 aliphatic carbocycles. The smallest absolute Gasteiger partial charge is 0.193 e. The van der Waals surface area contributed by atoms with Crippen LogP contribution in [0.5, 0.6) is 0 Å². The summed E-state index contributed by atoms with van der Waals surface area (Å²) >= 11 is 1.67. The van der Waals surface area contributed by atoms with E-state index in [2.05, 4.69) is 26.3 Å². The lowest BCUT2D eigenvalue weighted by Crippen LogP contribution is -2.29. The highest BCUT2D eigenvalue weighted by Crippen LogP contribution is 2.13. The Bertz CT molecular complexity index is 423. The zero-order valence-electron chi connectivity index (χ0n) is 10.3. The summed E-state index contributed by atoms with van der Waals surface area (Å²) in [5.74, 6) is 0. The third kappa shape index (κ3) is 3.28.